The van der Waals surface area contributed by atoms with Gasteiger partial charge in [-0.2, -0.15) is 0 Å². The van der Waals surface area contributed by atoms with E-state index in [0.717, 1.165) is 52.4 Å². The van der Waals surface area contributed by atoms with Gasteiger partial charge in [-0.1, -0.05) is 36.4 Å². The molecule has 0 saturated carbocycles. The van der Waals surface area contributed by atoms with E-state index in [1.165, 1.54) is 6.33 Å². The molecule has 0 atom stereocenters. The molecule has 1 aliphatic rings. The third-order valence-electron chi connectivity index (χ3n) is 6.61. The lowest BCUT2D eigenvalue weighted by atomic mass is 10.1. The minimum atomic E-state index is -0.0212. The second-order valence-electron chi connectivity index (χ2n) is 8.62. The molecule has 0 aliphatic carbocycles. The zero-order chi connectivity index (χ0) is 25.1. The largest absolute Gasteiger partial charge is 0.497 e. The highest BCUT2D eigenvalue weighted by Crippen LogP contribution is 2.37. The predicted octanol–water partition coefficient (Wildman–Crippen LogP) is 4.01. The van der Waals surface area contributed by atoms with E-state index in [1.54, 1.807) is 20.3 Å². The van der Waals surface area contributed by atoms with Gasteiger partial charge in [-0.25, -0.2) is 9.97 Å². The van der Waals surface area contributed by atoms with E-state index in [9.17, 15) is 4.79 Å². The summed E-state index contributed by atoms with van der Waals surface area (Å²) in [4.78, 5) is 26.1. The van der Waals surface area contributed by atoms with Gasteiger partial charge < -0.3 is 23.8 Å². The first kappa shape index (κ1) is 23.4. The molecule has 0 spiro atoms. The number of benzene rings is 2. The van der Waals surface area contributed by atoms with Crippen molar-refractivity contribution in [2.24, 2.45) is 7.05 Å². The maximum Gasteiger partial charge on any atom is 0.246 e. The lowest BCUT2D eigenvalue weighted by molar-refractivity contribution is -0.126. The van der Waals surface area contributed by atoms with Crippen LogP contribution in [0.3, 0.4) is 0 Å². The summed E-state index contributed by atoms with van der Waals surface area (Å²) in [7, 11) is 5.23. The summed E-state index contributed by atoms with van der Waals surface area (Å²) in [5.41, 5.74) is 4.70. The molecule has 1 saturated heterocycles. The van der Waals surface area contributed by atoms with Gasteiger partial charge in [0, 0.05) is 56.6 Å². The molecule has 2 aromatic carbocycles. The average Bonchev–Trinajstić information content (AvgIpc) is 3.23. The highest BCUT2D eigenvalue weighted by Gasteiger charge is 2.23. The van der Waals surface area contributed by atoms with Crippen molar-refractivity contribution in [1.29, 1.82) is 0 Å². The molecule has 8 heteroatoms. The summed E-state index contributed by atoms with van der Waals surface area (Å²) in [5, 5.41) is 0.785. The minimum Gasteiger partial charge on any atom is -0.497 e. The van der Waals surface area contributed by atoms with Crippen LogP contribution in [0.2, 0.25) is 0 Å². The van der Waals surface area contributed by atoms with Crippen molar-refractivity contribution in [3.05, 3.63) is 72.6 Å². The zero-order valence-electron chi connectivity index (χ0n) is 20.7. The molecule has 1 fully saturated rings. The number of hydrogen-bond donors (Lipinski definition) is 0. The summed E-state index contributed by atoms with van der Waals surface area (Å²) in [6.07, 6.45) is 5.01. The molecule has 0 radical (unpaired) electrons. The Hall–Kier alpha value is -4.33. The molecule has 0 bridgehead atoms. The SMILES string of the molecule is COc1cccc(N2CCN(C(=O)/C=C/c3c(-c4ccccc4)n(C)c4ncnc(OC)c34)CC2)c1. The standard InChI is InChI=1S/C28H29N5O3/c1-31-26(20-8-5-4-6-9-20)23(25-27(31)29-19-30-28(25)36-3)12-13-24(34)33-16-14-32(15-17-33)21-10-7-11-22(18-21)35-2/h4-13,18-19H,14-17H2,1-3H3/b13-12+. The van der Waals surface area contributed by atoms with Crippen molar-refractivity contribution >= 4 is 28.7 Å². The Labute approximate surface area is 210 Å². The van der Waals surface area contributed by atoms with Crippen LogP contribution in [0.25, 0.3) is 28.4 Å². The lowest BCUT2D eigenvalue weighted by Crippen LogP contribution is -2.48. The van der Waals surface area contributed by atoms with Gasteiger partial charge in [0.2, 0.25) is 11.8 Å². The highest BCUT2D eigenvalue weighted by atomic mass is 16.5. The van der Waals surface area contributed by atoms with Crippen molar-refractivity contribution in [2.45, 2.75) is 0 Å². The van der Waals surface area contributed by atoms with E-state index in [0.29, 0.717) is 19.0 Å². The second kappa shape index (κ2) is 10.1. The summed E-state index contributed by atoms with van der Waals surface area (Å²) in [6, 6.07) is 18.1. The molecule has 1 amide bonds. The van der Waals surface area contributed by atoms with Crippen LogP contribution in [0, 0.1) is 0 Å². The molecule has 5 rings (SSSR count). The van der Waals surface area contributed by atoms with Crippen molar-refractivity contribution in [3.8, 4) is 22.9 Å². The molecule has 0 unspecified atom stereocenters. The monoisotopic (exact) mass is 483 g/mol. The van der Waals surface area contributed by atoms with E-state index in [2.05, 4.69) is 20.9 Å². The second-order valence-corrected chi connectivity index (χ2v) is 8.62. The number of aromatic nitrogens is 3. The van der Waals surface area contributed by atoms with Crippen LogP contribution in [0.5, 0.6) is 11.6 Å². The third kappa shape index (κ3) is 4.37. The van der Waals surface area contributed by atoms with E-state index in [-0.39, 0.29) is 5.91 Å². The smallest absolute Gasteiger partial charge is 0.246 e. The number of rotatable bonds is 6. The molecular formula is C28H29N5O3. The first-order valence-electron chi connectivity index (χ1n) is 11.9. The predicted molar refractivity (Wildman–Crippen MR) is 141 cm³/mol. The average molecular weight is 484 g/mol. The Kier molecular flexibility index (Phi) is 6.58. The Morgan fingerprint density at radius 1 is 0.944 bits per heavy atom. The highest BCUT2D eigenvalue weighted by molar-refractivity contribution is 6.02. The van der Waals surface area contributed by atoms with E-state index in [4.69, 9.17) is 9.47 Å². The van der Waals surface area contributed by atoms with Crippen LogP contribution in [0.1, 0.15) is 5.56 Å². The summed E-state index contributed by atoms with van der Waals surface area (Å²) in [5.74, 6) is 1.29. The van der Waals surface area contributed by atoms with Crippen molar-refractivity contribution in [2.75, 3.05) is 45.3 Å². The maximum atomic E-state index is 13.2. The van der Waals surface area contributed by atoms with Crippen LogP contribution in [-0.2, 0) is 11.8 Å². The number of piperazine rings is 1. The fraction of sp³-hybridized carbons (Fsp3) is 0.250. The number of carbonyl (C=O) groups is 1. The molecule has 184 valence electrons. The number of ether oxygens (including phenoxy) is 2. The summed E-state index contributed by atoms with van der Waals surface area (Å²) < 4.78 is 12.9. The number of aryl methyl sites for hydroxylation is 1. The number of anilines is 1. The summed E-state index contributed by atoms with van der Waals surface area (Å²) in [6.45, 7) is 2.82. The van der Waals surface area contributed by atoms with Crippen LogP contribution in [-0.4, -0.2) is 65.7 Å². The molecule has 3 heterocycles. The van der Waals surface area contributed by atoms with Gasteiger partial charge in [0.25, 0.3) is 0 Å². The topological polar surface area (TPSA) is 72.7 Å². The Morgan fingerprint density at radius 3 is 2.44 bits per heavy atom. The van der Waals surface area contributed by atoms with Crippen LogP contribution in [0.4, 0.5) is 5.69 Å². The lowest BCUT2D eigenvalue weighted by Gasteiger charge is -2.35. The van der Waals surface area contributed by atoms with Crippen molar-refractivity contribution in [3.63, 3.8) is 0 Å². The number of nitrogens with zero attached hydrogens (tertiary/aromatic N) is 5. The molecule has 8 nitrogen and oxygen atoms in total. The fourth-order valence-electron chi connectivity index (χ4n) is 4.77. The molecule has 0 N–H and O–H groups in total. The number of carbonyl (C=O) groups excluding carboxylic acids is 1. The summed E-state index contributed by atoms with van der Waals surface area (Å²) >= 11 is 0. The number of fused-ring (bicyclic) bond motifs is 1. The Morgan fingerprint density at radius 2 is 1.72 bits per heavy atom. The molecule has 36 heavy (non-hydrogen) atoms. The maximum absolute atomic E-state index is 13.2. The molecular weight excluding hydrogens is 454 g/mol. The Bertz CT molecular complexity index is 1410. The molecule has 1 aliphatic heterocycles. The molecule has 2 aromatic heterocycles. The van der Waals surface area contributed by atoms with E-state index < -0.39 is 0 Å². The van der Waals surface area contributed by atoms with Crippen LogP contribution >= 0.6 is 0 Å². The third-order valence-corrected chi connectivity index (χ3v) is 6.61. The van der Waals surface area contributed by atoms with Gasteiger partial charge in [0.15, 0.2) is 0 Å². The van der Waals surface area contributed by atoms with E-state index >= 15 is 0 Å². The van der Waals surface area contributed by atoms with Gasteiger partial charge in [0.05, 0.1) is 25.3 Å². The van der Waals surface area contributed by atoms with Gasteiger partial charge in [0.1, 0.15) is 17.7 Å². The number of amides is 1. The minimum absolute atomic E-state index is 0.0212. The van der Waals surface area contributed by atoms with Crippen LogP contribution < -0.4 is 14.4 Å². The normalized spacial score (nSPS) is 14.0. The van der Waals surface area contributed by atoms with Crippen molar-refractivity contribution in [1.82, 2.24) is 19.4 Å². The number of methoxy groups -OCH3 is 2. The van der Waals surface area contributed by atoms with Gasteiger partial charge in [-0.15, -0.1) is 0 Å². The first-order chi connectivity index (χ1) is 17.6. The molecule has 4 aromatic rings. The van der Waals surface area contributed by atoms with Crippen molar-refractivity contribution < 1.29 is 14.3 Å². The first-order valence-corrected chi connectivity index (χ1v) is 11.9. The van der Waals surface area contributed by atoms with E-state index in [1.807, 2.05) is 71.1 Å². The quantitative estimate of drug-likeness (QED) is 0.386. The van der Waals surface area contributed by atoms with Gasteiger partial charge in [-0.05, 0) is 23.8 Å². The number of hydrogen-bond acceptors (Lipinski definition) is 6. The zero-order valence-corrected chi connectivity index (χ0v) is 20.7. The van der Waals surface area contributed by atoms with Crippen LogP contribution in [0.15, 0.2) is 67.0 Å². The fourth-order valence-corrected chi connectivity index (χ4v) is 4.77. The van der Waals surface area contributed by atoms with Gasteiger partial charge in [-0.3, -0.25) is 4.79 Å². The Balaban J connectivity index is 1.41. The van der Waals surface area contributed by atoms with Gasteiger partial charge >= 0.3 is 0 Å².